The smallest absolute Gasteiger partial charge is 0.115 e. The van der Waals surface area contributed by atoms with Crippen molar-refractivity contribution in [1.82, 2.24) is 9.55 Å². The molecule has 0 aliphatic carbocycles. The van der Waals surface area contributed by atoms with E-state index in [1.807, 2.05) is 36.4 Å². The van der Waals surface area contributed by atoms with Crippen LogP contribution < -0.4 is 0 Å². The minimum atomic E-state index is 0.513. The molecule has 0 spiro atoms. The van der Waals surface area contributed by atoms with E-state index < -0.39 is 0 Å². The SMILES string of the molecule is ClCCc1nc2cc(Cl)ccc2n1-c1c(Br)cccc1Br. The summed E-state index contributed by atoms with van der Waals surface area (Å²) in [6.07, 6.45) is 0.682. The summed E-state index contributed by atoms with van der Waals surface area (Å²) in [6, 6.07) is 11.7. The monoisotopic (exact) mass is 446 g/mol. The van der Waals surface area contributed by atoms with Crippen LogP contribution in [0.5, 0.6) is 0 Å². The molecule has 0 saturated carbocycles. The lowest BCUT2D eigenvalue weighted by Gasteiger charge is -2.13. The Kier molecular flexibility index (Phi) is 4.60. The Hall–Kier alpha value is -0.550. The van der Waals surface area contributed by atoms with Crippen molar-refractivity contribution in [3.8, 4) is 5.69 Å². The van der Waals surface area contributed by atoms with E-state index in [9.17, 15) is 0 Å². The molecule has 0 fully saturated rings. The van der Waals surface area contributed by atoms with Gasteiger partial charge in [0.1, 0.15) is 5.82 Å². The lowest BCUT2D eigenvalue weighted by molar-refractivity contribution is 0.906. The zero-order valence-electron chi connectivity index (χ0n) is 10.8. The molecule has 0 atom stereocenters. The highest BCUT2D eigenvalue weighted by Gasteiger charge is 2.16. The molecule has 0 N–H and O–H groups in total. The average molecular weight is 449 g/mol. The maximum atomic E-state index is 6.07. The number of aromatic nitrogens is 2. The van der Waals surface area contributed by atoms with E-state index in [4.69, 9.17) is 23.2 Å². The number of halogens is 4. The van der Waals surface area contributed by atoms with Gasteiger partial charge in [0.25, 0.3) is 0 Å². The van der Waals surface area contributed by atoms with Gasteiger partial charge in [0.2, 0.25) is 0 Å². The zero-order chi connectivity index (χ0) is 15.0. The third kappa shape index (κ3) is 2.87. The van der Waals surface area contributed by atoms with Crippen LogP contribution in [0.15, 0.2) is 45.3 Å². The number of rotatable bonds is 3. The predicted octanol–water partition coefficient (Wildman–Crippen LogP) is 5.99. The summed E-state index contributed by atoms with van der Waals surface area (Å²) in [7, 11) is 0. The van der Waals surface area contributed by atoms with Crippen molar-refractivity contribution in [2.45, 2.75) is 6.42 Å². The molecule has 21 heavy (non-hydrogen) atoms. The number of hydrogen-bond donors (Lipinski definition) is 0. The maximum absolute atomic E-state index is 6.07. The molecule has 0 aliphatic rings. The molecule has 3 aromatic rings. The number of para-hydroxylation sites is 1. The minimum Gasteiger partial charge on any atom is -0.294 e. The first-order chi connectivity index (χ1) is 10.1. The van der Waals surface area contributed by atoms with Gasteiger partial charge in [0, 0.05) is 26.3 Å². The second-order valence-corrected chi connectivity index (χ2v) is 7.03. The van der Waals surface area contributed by atoms with Crippen LogP contribution >= 0.6 is 55.1 Å². The molecule has 0 radical (unpaired) electrons. The Morgan fingerprint density at radius 2 is 1.81 bits per heavy atom. The molecule has 2 nitrogen and oxygen atoms in total. The number of aryl methyl sites for hydroxylation is 1. The van der Waals surface area contributed by atoms with Gasteiger partial charge in [-0.2, -0.15) is 0 Å². The summed E-state index contributed by atoms with van der Waals surface area (Å²) in [6.45, 7) is 0. The number of imidazole rings is 1. The summed E-state index contributed by atoms with van der Waals surface area (Å²) in [5.74, 6) is 1.42. The third-order valence-electron chi connectivity index (χ3n) is 3.17. The quantitative estimate of drug-likeness (QED) is 0.450. The van der Waals surface area contributed by atoms with Gasteiger partial charge in [-0.1, -0.05) is 17.7 Å². The Morgan fingerprint density at radius 3 is 2.48 bits per heavy atom. The van der Waals surface area contributed by atoms with E-state index in [1.54, 1.807) is 0 Å². The fraction of sp³-hybridized carbons (Fsp3) is 0.133. The van der Waals surface area contributed by atoms with Crippen LogP contribution in [0.1, 0.15) is 5.82 Å². The van der Waals surface area contributed by atoms with Crippen molar-refractivity contribution >= 4 is 66.1 Å². The van der Waals surface area contributed by atoms with E-state index in [0.717, 1.165) is 31.5 Å². The van der Waals surface area contributed by atoms with Gasteiger partial charge in [-0.15, -0.1) is 11.6 Å². The van der Waals surface area contributed by atoms with Crippen molar-refractivity contribution in [2.75, 3.05) is 5.88 Å². The van der Waals surface area contributed by atoms with Crippen LogP contribution in [-0.4, -0.2) is 15.4 Å². The van der Waals surface area contributed by atoms with Gasteiger partial charge >= 0.3 is 0 Å². The first-order valence-corrected chi connectivity index (χ1v) is 8.79. The Labute approximate surface area is 149 Å². The van der Waals surface area contributed by atoms with Crippen LogP contribution in [0, 0.1) is 0 Å². The molecular weight excluding hydrogens is 439 g/mol. The first-order valence-electron chi connectivity index (χ1n) is 6.29. The van der Waals surface area contributed by atoms with Gasteiger partial charge in [0.15, 0.2) is 0 Å². The third-order valence-corrected chi connectivity index (χ3v) is 4.87. The van der Waals surface area contributed by atoms with Crippen molar-refractivity contribution < 1.29 is 0 Å². The summed E-state index contributed by atoms with van der Waals surface area (Å²) in [4.78, 5) is 4.67. The second-order valence-electron chi connectivity index (χ2n) is 4.51. The van der Waals surface area contributed by atoms with Crippen molar-refractivity contribution in [3.05, 3.63) is 56.2 Å². The van der Waals surface area contributed by atoms with Crippen LogP contribution in [0.3, 0.4) is 0 Å². The second kappa shape index (κ2) is 6.29. The van der Waals surface area contributed by atoms with Gasteiger partial charge in [-0.3, -0.25) is 4.57 Å². The molecular formula is C15H10Br2Cl2N2. The Bertz CT molecular complexity index is 795. The van der Waals surface area contributed by atoms with Gasteiger partial charge in [-0.05, 0) is 62.2 Å². The average Bonchev–Trinajstić information content (AvgIpc) is 2.77. The summed E-state index contributed by atoms with van der Waals surface area (Å²) in [5.41, 5.74) is 2.89. The van der Waals surface area contributed by atoms with Crippen LogP contribution in [0.4, 0.5) is 0 Å². The first kappa shape index (κ1) is 15.3. The van der Waals surface area contributed by atoms with Crippen LogP contribution in [-0.2, 0) is 6.42 Å². The molecule has 0 aliphatic heterocycles. The standard InChI is InChI=1S/C15H10Br2Cl2N2/c16-10-2-1-3-11(17)15(10)21-13-5-4-9(19)8-12(13)20-14(21)6-7-18/h1-5,8H,6-7H2. The van der Waals surface area contributed by atoms with Gasteiger partial charge in [-0.25, -0.2) is 4.98 Å². The molecule has 0 amide bonds. The molecule has 6 heteroatoms. The van der Waals surface area contributed by atoms with E-state index in [1.165, 1.54) is 0 Å². The molecule has 0 unspecified atom stereocenters. The molecule has 0 bridgehead atoms. The number of alkyl halides is 1. The topological polar surface area (TPSA) is 17.8 Å². The lowest BCUT2D eigenvalue weighted by atomic mass is 10.2. The normalized spacial score (nSPS) is 11.2. The van der Waals surface area contributed by atoms with E-state index >= 15 is 0 Å². The Morgan fingerprint density at radius 1 is 1.10 bits per heavy atom. The minimum absolute atomic E-state index is 0.513. The number of benzene rings is 2. The van der Waals surface area contributed by atoms with E-state index in [-0.39, 0.29) is 0 Å². The molecule has 1 aromatic heterocycles. The molecule has 108 valence electrons. The summed E-state index contributed by atoms with van der Waals surface area (Å²) in [5, 5.41) is 0.677. The molecule has 3 rings (SSSR count). The number of fused-ring (bicyclic) bond motifs is 1. The van der Waals surface area contributed by atoms with Crippen molar-refractivity contribution in [1.29, 1.82) is 0 Å². The molecule has 1 heterocycles. The van der Waals surface area contributed by atoms with E-state index in [0.29, 0.717) is 17.3 Å². The molecule has 2 aromatic carbocycles. The maximum Gasteiger partial charge on any atom is 0.115 e. The summed E-state index contributed by atoms with van der Waals surface area (Å²) >= 11 is 19.2. The predicted molar refractivity (Wildman–Crippen MR) is 95.9 cm³/mol. The van der Waals surface area contributed by atoms with E-state index in [2.05, 4.69) is 41.4 Å². The van der Waals surface area contributed by atoms with Gasteiger partial charge < -0.3 is 0 Å². The van der Waals surface area contributed by atoms with Crippen LogP contribution in [0.25, 0.3) is 16.7 Å². The fourth-order valence-electron chi connectivity index (χ4n) is 2.31. The number of hydrogen-bond acceptors (Lipinski definition) is 1. The highest BCUT2D eigenvalue weighted by atomic mass is 79.9. The largest absolute Gasteiger partial charge is 0.294 e. The highest BCUT2D eigenvalue weighted by molar-refractivity contribution is 9.11. The number of nitrogens with zero attached hydrogens (tertiary/aromatic N) is 2. The van der Waals surface area contributed by atoms with Crippen LogP contribution in [0.2, 0.25) is 5.02 Å². The Balaban J connectivity index is 2.36. The summed E-state index contributed by atoms with van der Waals surface area (Å²) < 4.78 is 4.09. The molecule has 0 saturated heterocycles. The van der Waals surface area contributed by atoms with Crippen molar-refractivity contribution in [3.63, 3.8) is 0 Å². The fourth-order valence-corrected chi connectivity index (χ4v) is 4.00. The highest BCUT2D eigenvalue weighted by Crippen LogP contribution is 2.33. The zero-order valence-corrected chi connectivity index (χ0v) is 15.5. The van der Waals surface area contributed by atoms with Crippen molar-refractivity contribution in [2.24, 2.45) is 0 Å². The van der Waals surface area contributed by atoms with Gasteiger partial charge in [0.05, 0.1) is 16.7 Å². The lowest BCUT2D eigenvalue weighted by Crippen LogP contribution is -2.03.